The van der Waals surface area contributed by atoms with Gasteiger partial charge >= 0.3 is 6.03 Å². The predicted octanol–water partition coefficient (Wildman–Crippen LogP) is 3.24. The van der Waals surface area contributed by atoms with Gasteiger partial charge in [0.15, 0.2) is 0 Å². The molecule has 0 unspecified atom stereocenters. The van der Waals surface area contributed by atoms with Crippen LogP contribution in [0.4, 0.5) is 10.5 Å². The number of carbonyl (C=O) groups is 2. The Morgan fingerprint density at radius 2 is 1.79 bits per heavy atom. The summed E-state index contributed by atoms with van der Waals surface area (Å²) in [5.41, 5.74) is 1.65. The lowest BCUT2D eigenvalue weighted by atomic mass is 10.2. The average Bonchev–Trinajstić information content (AvgIpc) is 2.58. The monoisotopic (exact) mass is 343 g/mol. The number of hydrogen-bond acceptors (Lipinski definition) is 3. The van der Waals surface area contributed by atoms with Gasteiger partial charge in [0.1, 0.15) is 0 Å². The molecule has 2 aromatic carbocycles. The molecule has 0 fully saturated rings. The first-order valence-corrected chi connectivity index (χ1v) is 8.68. The molecule has 126 valence electrons. The van der Waals surface area contributed by atoms with E-state index in [2.05, 4.69) is 16.0 Å². The maximum Gasteiger partial charge on any atom is 0.315 e. The molecule has 0 saturated heterocycles. The Kier molecular flexibility index (Phi) is 7.17. The first-order chi connectivity index (χ1) is 11.6. The van der Waals surface area contributed by atoms with Crippen molar-refractivity contribution in [2.45, 2.75) is 18.4 Å². The summed E-state index contributed by atoms with van der Waals surface area (Å²) >= 11 is 1.70. The van der Waals surface area contributed by atoms with Crippen LogP contribution in [0, 0.1) is 0 Å². The molecule has 0 atom stereocenters. The van der Waals surface area contributed by atoms with E-state index < -0.39 is 0 Å². The molecular weight excluding hydrogens is 322 g/mol. The third-order valence-corrected chi connectivity index (χ3v) is 4.11. The fourth-order valence-corrected chi connectivity index (χ4v) is 2.85. The zero-order valence-electron chi connectivity index (χ0n) is 13.5. The van der Waals surface area contributed by atoms with E-state index >= 15 is 0 Å². The minimum Gasteiger partial charge on any atom is -0.337 e. The van der Waals surface area contributed by atoms with E-state index in [9.17, 15) is 9.59 Å². The second-order valence-corrected chi connectivity index (χ2v) is 6.32. The van der Waals surface area contributed by atoms with E-state index in [-0.39, 0.29) is 11.9 Å². The maximum atomic E-state index is 11.8. The van der Waals surface area contributed by atoms with Crippen LogP contribution >= 0.6 is 11.8 Å². The highest BCUT2D eigenvalue weighted by Crippen LogP contribution is 2.15. The van der Waals surface area contributed by atoms with Crippen LogP contribution in [0.1, 0.15) is 12.5 Å². The number of nitrogens with one attached hydrogen (secondary N) is 3. The molecule has 3 amide bonds. The van der Waals surface area contributed by atoms with Crippen LogP contribution < -0.4 is 16.0 Å². The summed E-state index contributed by atoms with van der Waals surface area (Å²) in [6, 6.07) is 17.3. The van der Waals surface area contributed by atoms with Crippen molar-refractivity contribution in [3.63, 3.8) is 0 Å². The van der Waals surface area contributed by atoms with Crippen molar-refractivity contribution in [3.05, 3.63) is 60.2 Å². The molecule has 0 aliphatic heterocycles. The van der Waals surface area contributed by atoms with Gasteiger partial charge in [-0.15, -0.1) is 11.8 Å². The van der Waals surface area contributed by atoms with Crippen LogP contribution in [0.15, 0.2) is 59.5 Å². The Hall–Kier alpha value is -2.47. The first kappa shape index (κ1) is 17.9. The number of benzene rings is 2. The van der Waals surface area contributed by atoms with Crippen molar-refractivity contribution in [2.24, 2.45) is 0 Å². The van der Waals surface area contributed by atoms with E-state index in [1.807, 2.05) is 54.6 Å². The number of thioether (sulfide) groups is 1. The van der Waals surface area contributed by atoms with Gasteiger partial charge < -0.3 is 16.0 Å². The van der Waals surface area contributed by atoms with Gasteiger partial charge in [-0.05, 0) is 29.8 Å². The summed E-state index contributed by atoms with van der Waals surface area (Å²) in [5.74, 6) is 0.698. The minimum absolute atomic E-state index is 0.117. The topological polar surface area (TPSA) is 70.2 Å². The van der Waals surface area contributed by atoms with Crippen molar-refractivity contribution < 1.29 is 9.59 Å². The van der Waals surface area contributed by atoms with Crippen LogP contribution in [0.2, 0.25) is 0 Å². The molecule has 5 nitrogen and oxygen atoms in total. The maximum absolute atomic E-state index is 11.8. The van der Waals surface area contributed by atoms with Crippen LogP contribution in [0.25, 0.3) is 0 Å². The van der Waals surface area contributed by atoms with Crippen molar-refractivity contribution in [1.82, 2.24) is 10.6 Å². The number of urea groups is 1. The molecule has 0 bridgehead atoms. The molecule has 0 aromatic heterocycles. The molecule has 3 N–H and O–H groups in total. The molecule has 2 aromatic rings. The van der Waals surface area contributed by atoms with Crippen molar-refractivity contribution in [1.29, 1.82) is 0 Å². The Balaban J connectivity index is 1.66. The molecule has 6 heteroatoms. The summed E-state index contributed by atoms with van der Waals surface area (Å²) in [5, 5.41) is 8.36. The van der Waals surface area contributed by atoms with E-state index in [0.717, 1.165) is 17.0 Å². The van der Waals surface area contributed by atoms with E-state index in [0.29, 0.717) is 13.1 Å². The molecule has 0 aliphatic carbocycles. The second kappa shape index (κ2) is 9.62. The standard InChI is InChI=1S/C18H21N3O2S/c1-14(22)21-16-7-5-6-15(12-16)13-20-18(23)19-10-11-24-17-8-3-2-4-9-17/h2-9,12H,10-11,13H2,1H3,(H,21,22)(H2,19,20,23). The third-order valence-electron chi connectivity index (χ3n) is 3.10. The summed E-state index contributed by atoms with van der Waals surface area (Å²) in [4.78, 5) is 24.0. The number of amides is 3. The summed E-state index contributed by atoms with van der Waals surface area (Å²) in [6.07, 6.45) is 0. The van der Waals surface area contributed by atoms with Crippen LogP contribution in [-0.2, 0) is 11.3 Å². The Bertz CT molecular complexity index is 677. The van der Waals surface area contributed by atoms with Gasteiger partial charge in [-0.25, -0.2) is 4.79 Å². The van der Waals surface area contributed by atoms with Crippen molar-refractivity contribution >= 4 is 29.4 Å². The van der Waals surface area contributed by atoms with E-state index in [4.69, 9.17) is 0 Å². The van der Waals surface area contributed by atoms with Crippen LogP contribution in [-0.4, -0.2) is 24.2 Å². The van der Waals surface area contributed by atoms with Gasteiger partial charge in [0, 0.05) is 36.3 Å². The molecule has 0 saturated carbocycles. The van der Waals surface area contributed by atoms with Gasteiger partial charge in [-0.3, -0.25) is 4.79 Å². The fourth-order valence-electron chi connectivity index (χ4n) is 2.06. The first-order valence-electron chi connectivity index (χ1n) is 7.69. The highest BCUT2D eigenvalue weighted by atomic mass is 32.2. The van der Waals surface area contributed by atoms with E-state index in [1.165, 1.54) is 11.8 Å². The predicted molar refractivity (Wildman–Crippen MR) is 98.2 cm³/mol. The third kappa shape index (κ3) is 6.75. The lowest BCUT2D eigenvalue weighted by Gasteiger charge is -2.09. The van der Waals surface area contributed by atoms with Gasteiger partial charge in [0.05, 0.1) is 0 Å². The lowest BCUT2D eigenvalue weighted by molar-refractivity contribution is -0.114. The van der Waals surface area contributed by atoms with Gasteiger partial charge in [-0.2, -0.15) is 0 Å². The molecule has 0 aliphatic rings. The zero-order chi connectivity index (χ0) is 17.2. The van der Waals surface area contributed by atoms with Gasteiger partial charge in [0.2, 0.25) is 5.91 Å². The van der Waals surface area contributed by atoms with Gasteiger partial charge in [-0.1, -0.05) is 30.3 Å². The number of anilines is 1. The zero-order valence-corrected chi connectivity index (χ0v) is 14.4. The Morgan fingerprint density at radius 1 is 1.00 bits per heavy atom. The molecule has 2 rings (SSSR count). The number of carbonyl (C=O) groups excluding carboxylic acids is 2. The van der Waals surface area contributed by atoms with Crippen molar-refractivity contribution in [2.75, 3.05) is 17.6 Å². The quantitative estimate of drug-likeness (QED) is 0.534. The molecule has 24 heavy (non-hydrogen) atoms. The number of hydrogen-bond donors (Lipinski definition) is 3. The highest BCUT2D eigenvalue weighted by Gasteiger charge is 2.02. The number of rotatable bonds is 7. The molecule has 0 radical (unpaired) electrons. The normalized spacial score (nSPS) is 10.0. The van der Waals surface area contributed by atoms with Crippen LogP contribution in [0.3, 0.4) is 0 Å². The average molecular weight is 343 g/mol. The summed E-state index contributed by atoms with van der Waals surface area (Å²) < 4.78 is 0. The summed E-state index contributed by atoms with van der Waals surface area (Å²) in [6.45, 7) is 2.47. The molecular formula is C18H21N3O2S. The molecule has 0 spiro atoms. The summed E-state index contributed by atoms with van der Waals surface area (Å²) in [7, 11) is 0. The fraction of sp³-hybridized carbons (Fsp3) is 0.222. The lowest BCUT2D eigenvalue weighted by Crippen LogP contribution is -2.36. The minimum atomic E-state index is -0.200. The van der Waals surface area contributed by atoms with Crippen LogP contribution in [0.5, 0.6) is 0 Å². The van der Waals surface area contributed by atoms with Gasteiger partial charge in [0.25, 0.3) is 0 Å². The Labute approximate surface area is 146 Å². The largest absolute Gasteiger partial charge is 0.337 e. The second-order valence-electron chi connectivity index (χ2n) is 5.15. The highest BCUT2D eigenvalue weighted by molar-refractivity contribution is 7.99. The van der Waals surface area contributed by atoms with E-state index in [1.54, 1.807) is 11.8 Å². The SMILES string of the molecule is CC(=O)Nc1cccc(CNC(=O)NCCSc2ccccc2)c1. The Morgan fingerprint density at radius 3 is 2.54 bits per heavy atom. The van der Waals surface area contributed by atoms with Crippen molar-refractivity contribution in [3.8, 4) is 0 Å². The smallest absolute Gasteiger partial charge is 0.315 e. The molecule has 0 heterocycles.